The first-order valence-corrected chi connectivity index (χ1v) is 6.66. The fourth-order valence-corrected chi connectivity index (χ4v) is 1.83. The molecule has 1 aromatic carbocycles. The maximum atomic E-state index is 8.83. The maximum absolute atomic E-state index is 8.83. The maximum Gasteiger partial charge on any atom is 0.428 e. The van der Waals surface area contributed by atoms with Crippen LogP contribution in [0.1, 0.15) is 45.4 Å². The van der Waals surface area contributed by atoms with Crippen molar-refractivity contribution in [3.05, 3.63) is 23.2 Å². The second kappa shape index (κ2) is 8.35. The van der Waals surface area contributed by atoms with Gasteiger partial charge in [-0.1, -0.05) is 45.1 Å². The number of hydrogen-bond acceptors (Lipinski definition) is 3. The molecule has 98 valence electrons. The Bertz CT molecular complexity index is 399. The van der Waals surface area contributed by atoms with Gasteiger partial charge < -0.3 is 10.5 Å². The molecule has 0 aliphatic carbocycles. The number of nitrogens with zero attached hydrogens (tertiary/aromatic N) is 2. The van der Waals surface area contributed by atoms with Gasteiger partial charge in [0.15, 0.2) is 4.98 Å². The first kappa shape index (κ1) is 14.3. The Labute approximate surface area is 109 Å². The Balaban J connectivity index is 2.29. The molecular formula is C14H22N3O+. The second-order valence-corrected chi connectivity index (χ2v) is 4.41. The minimum atomic E-state index is 0.390. The molecule has 18 heavy (non-hydrogen) atoms. The molecule has 1 rings (SSSR count). The van der Waals surface area contributed by atoms with E-state index < -0.39 is 0 Å². The standard InChI is InChI=1S/C14H22N3O/c1-2-3-4-5-6-7-11-18-14-12(15)9-8-10-13(14)17-16/h8-10H,2-7,11,15H2,1H3/q+1. The normalized spacial score (nSPS) is 10.0. The SMILES string of the molecule is CCCCCCCCOc1c(N)cccc1[N+]#N. The number of para-hydroxylation sites is 1. The van der Waals surface area contributed by atoms with E-state index in [-0.39, 0.29) is 0 Å². The number of rotatable bonds is 8. The van der Waals surface area contributed by atoms with Crippen molar-refractivity contribution >= 4 is 11.4 Å². The van der Waals surface area contributed by atoms with Gasteiger partial charge in [-0.3, -0.25) is 0 Å². The van der Waals surface area contributed by atoms with Crippen molar-refractivity contribution in [2.24, 2.45) is 0 Å². The van der Waals surface area contributed by atoms with Crippen LogP contribution in [0.15, 0.2) is 18.2 Å². The summed E-state index contributed by atoms with van der Waals surface area (Å²) >= 11 is 0. The summed E-state index contributed by atoms with van der Waals surface area (Å²) < 4.78 is 5.59. The van der Waals surface area contributed by atoms with Gasteiger partial charge in [0.05, 0.1) is 12.3 Å². The van der Waals surface area contributed by atoms with Crippen molar-refractivity contribution < 1.29 is 4.74 Å². The number of nitrogen functional groups attached to an aromatic ring is 1. The third-order valence-corrected chi connectivity index (χ3v) is 2.88. The molecule has 1 aromatic rings. The van der Waals surface area contributed by atoms with Crippen LogP contribution in [-0.4, -0.2) is 6.61 Å². The highest BCUT2D eigenvalue weighted by Gasteiger charge is 2.17. The summed E-state index contributed by atoms with van der Waals surface area (Å²) in [7, 11) is 0. The van der Waals surface area contributed by atoms with E-state index in [9.17, 15) is 0 Å². The largest absolute Gasteiger partial charge is 0.485 e. The number of diazo groups is 1. The average Bonchev–Trinajstić information content (AvgIpc) is 2.39. The van der Waals surface area contributed by atoms with Gasteiger partial charge in [0.25, 0.3) is 0 Å². The van der Waals surface area contributed by atoms with Crippen LogP contribution in [0, 0.1) is 5.39 Å². The summed E-state index contributed by atoms with van der Waals surface area (Å²) in [6.07, 6.45) is 7.28. The molecule has 0 amide bonds. The lowest BCUT2D eigenvalue weighted by Gasteiger charge is -2.06. The van der Waals surface area contributed by atoms with Crippen LogP contribution in [0.4, 0.5) is 11.4 Å². The molecule has 0 fully saturated rings. The molecule has 0 saturated heterocycles. The van der Waals surface area contributed by atoms with E-state index in [1.165, 1.54) is 32.1 Å². The van der Waals surface area contributed by atoms with Crippen LogP contribution in [0.2, 0.25) is 0 Å². The lowest BCUT2D eigenvalue weighted by atomic mass is 10.1. The van der Waals surface area contributed by atoms with E-state index in [0.29, 0.717) is 23.7 Å². The zero-order chi connectivity index (χ0) is 13.2. The molecule has 0 heterocycles. The third-order valence-electron chi connectivity index (χ3n) is 2.88. The second-order valence-electron chi connectivity index (χ2n) is 4.41. The van der Waals surface area contributed by atoms with Gasteiger partial charge in [-0.15, -0.1) is 0 Å². The van der Waals surface area contributed by atoms with Crippen LogP contribution in [0.25, 0.3) is 4.98 Å². The predicted octanol–water partition coefficient (Wildman–Crippen LogP) is 4.49. The van der Waals surface area contributed by atoms with E-state index in [1.54, 1.807) is 18.2 Å². The molecule has 2 N–H and O–H groups in total. The van der Waals surface area contributed by atoms with Gasteiger partial charge in [0.2, 0.25) is 11.1 Å². The van der Waals surface area contributed by atoms with Crippen LogP contribution < -0.4 is 10.5 Å². The van der Waals surface area contributed by atoms with Crippen LogP contribution >= 0.6 is 0 Å². The summed E-state index contributed by atoms with van der Waals surface area (Å²) in [6, 6.07) is 5.15. The van der Waals surface area contributed by atoms with E-state index in [1.807, 2.05) is 0 Å². The van der Waals surface area contributed by atoms with Gasteiger partial charge >= 0.3 is 5.69 Å². The van der Waals surface area contributed by atoms with Gasteiger partial charge in [-0.05, 0) is 12.5 Å². The molecule has 0 saturated carbocycles. The summed E-state index contributed by atoms with van der Waals surface area (Å²) in [4.78, 5) is 3.17. The fourth-order valence-electron chi connectivity index (χ4n) is 1.83. The highest BCUT2D eigenvalue weighted by molar-refractivity contribution is 5.69. The minimum absolute atomic E-state index is 0.390. The third kappa shape index (κ3) is 4.62. The van der Waals surface area contributed by atoms with Gasteiger partial charge in [0.1, 0.15) is 0 Å². The predicted molar refractivity (Wildman–Crippen MR) is 74.5 cm³/mol. The van der Waals surface area contributed by atoms with E-state index in [2.05, 4.69) is 11.9 Å². The zero-order valence-corrected chi connectivity index (χ0v) is 11.1. The van der Waals surface area contributed by atoms with Crippen LogP contribution in [0.5, 0.6) is 5.75 Å². The average molecular weight is 248 g/mol. The molecule has 0 aliphatic heterocycles. The molecule has 0 aliphatic rings. The first-order chi connectivity index (χ1) is 8.79. The van der Waals surface area contributed by atoms with Crippen molar-refractivity contribution in [2.75, 3.05) is 12.3 Å². The van der Waals surface area contributed by atoms with Crippen molar-refractivity contribution in [1.82, 2.24) is 0 Å². The quantitative estimate of drug-likeness (QED) is 0.418. The van der Waals surface area contributed by atoms with Crippen molar-refractivity contribution in [2.45, 2.75) is 45.4 Å². The highest BCUT2D eigenvalue weighted by Crippen LogP contribution is 2.33. The Morgan fingerprint density at radius 2 is 1.89 bits per heavy atom. The lowest BCUT2D eigenvalue weighted by molar-refractivity contribution is 0.307. The number of unbranched alkanes of at least 4 members (excludes halogenated alkanes) is 5. The monoisotopic (exact) mass is 248 g/mol. The molecule has 0 aromatic heterocycles. The number of ether oxygens (including phenoxy) is 1. The summed E-state index contributed by atoms with van der Waals surface area (Å²) in [5.41, 5.74) is 6.68. The number of hydrogen-bond donors (Lipinski definition) is 1. The van der Waals surface area contributed by atoms with Crippen molar-refractivity contribution in [3.8, 4) is 5.75 Å². The zero-order valence-electron chi connectivity index (χ0n) is 11.1. The molecule has 0 radical (unpaired) electrons. The molecule has 0 unspecified atom stereocenters. The van der Waals surface area contributed by atoms with E-state index in [0.717, 1.165) is 6.42 Å². The van der Waals surface area contributed by atoms with Crippen LogP contribution in [0.3, 0.4) is 0 Å². The van der Waals surface area contributed by atoms with E-state index in [4.69, 9.17) is 15.9 Å². The van der Waals surface area contributed by atoms with Gasteiger partial charge in [-0.2, -0.15) is 0 Å². The number of nitrogens with two attached hydrogens (primary N) is 1. The minimum Gasteiger partial charge on any atom is -0.485 e. The number of benzene rings is 1. The molecule has 4 heteroatoms. The van der Waals surface area contributed by atoms with Crippen molar-refractivity contribution in [3.63, 3.8) is 0 Å². The molecule has 0 bridgehead atoms. The highest BCUT2D eigenvalue weighted by atomic mass is 16.5. The summed E-state index contributed by atoms with van der Waals surface area (Å²) in [6.45, 7) is 2.82. The molecular weight excluding hydrogens is 226 g/mol. The lowest BCUT2D eigenvalue weighted by Crippen LogP contribution is -2.00. The summed E-state index contributed by atoms with van der Waals surface area (Å²) in [5, 5.41) is 8.83. The smallest absolute Gasteiger partial charge is 0.428 e. The van der Waals surface area contributed by atoms with E-state index >= 15 is 0 Å². The van der Waals surface area contributed by atoms with Crippen molar-refractivity contribution in [1.29, 1.82) is 5.39 Å². The Hall–Kier alpha value is -1.76. The van der Waals surface area contributed by atoms with Gasteiger partial charge in [-0.25, -0.2) is 0 Å². The van der Waals surface area contributed by atoms with Crippen LogP contribution in [-0.2, 0) is 0 Å². The van der Waals surface area contributed by atoms with Gasteiger partial charge in [0, 0.05) is 6.07 Å². The molecule has 4 nitrogen and oxygen atoms in total. The summed E-state index contributed by atoms with van der Waals surface area (Å²) in [5.74, 6) is 0.480. The Kier molecular flexibility index (Phi) is 6.63. The topological polar surface area (TPSA) is 63.4 Å². The molecule has 0 atom stereocenters. The molecule has 0 spiro atoms. The first-order valence-electron chi connectivity index (χ1n) is 6.66. The Morgan fingerprint density at radius 1 is 1.17 bits per heavy atom. The Morgan fingerprint density at radius 3 is 2.61 bits per heavy atom. The number of anilines is 1. The fraction of sp³-hybridized carbons (Fsp3) is 0.571.